The summed E-state index contributed by atoms with van der Waals surface area (Å²) < 4.78 is 80.3. The molecule has 0 aromatic carbocycles. The van der Waals surface area contributed by atoms with Crippen LogP contribution in [0.25, 0.3) is 0 Å². The number of amides is 1. The first kappa shape index (κ1) is 16.1. The van der Waals surface area contributed by atoms with Gasteiger partial charge >= 0.3 is 12.4 Å². The van der Waals surface area contributed by atoms with Crippen LogP contribution in [0.3, 0.4) is 0 Å². The first-order chi connectivity index (χ1) is 8.96. The van der Waals surface area contributed by atoms with Gasteiger partial charge in [-0.2, -0.15) is 31.3 Å². The third kappa shape index (κ3) is 3.52. The molecule has 1 rings (SSSR count). The van der Waals surface area contributed by atoms with Crippen LogP contribution in [0.15, 0.2) is 6.07 Å². The third-order valence-corrected chi connectivity index (χ3v) is 2.09. The molecule has 1 heterocycles. The fraction of sp³-hybridized carbons (Fsp3) is 0.400. The normalized spacial score (nSPS) is 12.2. The predicted molar refractivity (Wildman–Crippen MR) is 55.1 cm³/mol. The zero-order valence-electron chi connectivity index (χ0n) is 10.1. The van der Waals surface area contributed by atoms with Crippen LogP contribution in [0, 0.1) is 0 Å². The summed E-state index contributed by atoms with van der Waals surface area (Å²) in [5.74, 6) is -3.02. The van der Waals surface area contributed by atoms with Crippen LogP contribution in [0.2, 0.25) is 0 Å². The summed E-state index contributed by atoms with van der Waals surface area (Å²) in [6.45, 7) is 0.895. The standard InChI is InChI=1S/C10H8F6N2O2/c1-4(19)17-7-5(9(11,12)13)3-6(10(14,15)16)8(18-7)20-2/h3H,1-2H3,(H,17,18,19). The van der Waals surface area contributed by atoms with Gasteiger partial charge in [-0.05, 0) is 6.07 Å². The van der Waals surface area contributed by atoms with Gasteiger partial charge in [0.25, 0.3) is 0 Å². The van der Waals surface area contributed by atoms with Crippen LogP contribution >= 0.6 is 0 Å². The van der Waals surface area contributed by atoms with E-state index in [0.29, 0.717) is 0 Å². The number of carbonyl (C=O) groups is 1. The van der Waals surface area contributed by atoms with Crippen molar-refractivity contribution in [3.05, 3.63) is 17.2 Å². The lowest BCUT2D eigenvalue weighted by molar-refractivity contribution is -0.143. The van der Waals surface area contributed by atoms with Gasteiger partial charge in [-0.25, -0.2) is 0 Å². The first-order valence-corrected chi connectivity index (χ1v) is 4.97. The fourth-order valence-corrected chi connectivity index (χ4v) is 1.33. The molecule has 0 aliphatic rings. The highest BCUT2D eigenvalue weighted by molar-refractivity contribution is 5.88. The lowest BCUT2D eigenvalue weighted by Gasteiger charge is -2.17. The molecule has 4 nitrogen and oxygen atoms in total. The minimum atomic E-state index is -5.11. The van der Waals surface area contributed by atoms with Crippen LogP contribution in [0.5, 0.6) is 5.88 Å². The number of pyridine rings is 1. The van der Waals surface area contributed by atoms with Crippen LogP contribution in [0.1, 0.15) is 18.1 Å². The van der Waals surface area contributed by atoms with Crippen LogP contribution in [0.4, 0.5) is 32.2 Å². The Bertz CT molecular complexity index is 524. The minimum absolute atomic E-state index is 0.156. The van der Waals surface area contributed by atoms with E-state index in [9.17, 15) is 31.1 Å². The van der Waals surface area contributed by atoms with Crippen molar-refractivity contribution in [1.29, 1.82) is 0 Å². The van der Waals surface area contributed by atoms with Crippen LogP contribution < -0.4 is 10.1 Å². The summed E-state index contributed by atoms with van der Waals surface area (Å²) in [6.07, 6.45) is -10.2. The lowest BCUT2D eigenvalue weighted by atomic mass is 10.1. The molecule has 0 saturated carbocycles. The number of ether oxygens (including phenoxy) is 1. The Morgan fingerprint density at radius 1 is 1.15 bits per heavy atom. The van der Waals surface area contributed by atoms with Gasteiger partial charge in [-0.3, -0.25) is 4.79 Å². The summed E-state index contributed by atoms with van der Waals surface area (Å²) in [5.41, 5.74) is -3.39. The minimum Gasteiger partial charge on any atom is -0.481 e. The number of alkyl halides is 6. The number of nitrogens with one attached hydrogen (secondary N) is 1. The average Bonchev–Trinajstić information content (AvgIpc) is 2.24. The van der Waals surface area contributed by atoms with Gasteiger partial charge in [0.1, 0.15) is 11.4 Å². The number of hydrogen-bond donors (Lipinski definition) is 1. The van der Waals surface area contributed by atoms with E-state index >= 15 is 0 Å². The third-order valence-electron chi connectivity index (χ3n) is 2.09. The average molecular weight is 302 g/mol. The maximum atomic E-state index is 12.7. The molecule has 0 aliphatic heterocycles. The predicted octanol–water partition coefficient (Wildman–Crippen LogP) is 3.09. The van der Waals surface area contributed by atoms with Crippen LogP contribution in [-0.4, -0.2) is 18.0 Å². The molecule has 0 saturated heterocycles. The van der Waals surface area contributed by atoms with Crippen molar-refractivity contribution in [3.8, 4) is 5.88 Å². The highest BCUT2D eigenvalue weighted by Crippen LogP contribution is 2.42. The Labute approximate surface area is 108 Å². The summed E-state index contributed by atoms with van der Waals surface area (Å²) in [5, 5.41) is 1.72. The molecule has 0 spiro atoms. The van der Waals surface area contributed by atoms with E-state index in [1.54, 1.807) is 5.32 Å². The first-order valence-electron chi connectivity index (χ1n) is 4.97. The monoisotopic (exact) mass is 302 g/mol. The van der Waals surface area contributed by atoms with Gasteiger partial charge < -0.3 is 10.1 Å². The molecule has 0 fully saturated rings. The van der Waals surface area contributed by atoms with Crippen LogP contribution in [-0.2, 0) is 17.1 Å². The van der Waals surface area contributed by atoms with E-state index in [0.717, 1.165) is 14.0 Å². The Kier molecular flexibility index (Phi) is 4.15. The van der Waals surface area contributed by atoms with Gasteiger partial charge in [0, 0.05) is 6.92 Å². The topological polar surface area (TPSA) is 51.2 Å². The van der Waals surface area contributed by atoms with Crippen molar-refractivity contribution in [2.45, 2.75) is 19.3 Å². The summed E-state index contributed by atoms with van der Waals surface area (Å²) in [7, 11) is 0.822. The Hall–Kier alpha value is -2.00. The summed E-state index contributed by atoms with van der Waals surface area (Å²) in [6, 6.07) is -0.156. The van der Waals surface area contributed by atoms with E-state index in [1.807, 2.05) is 0 Å². The van der Waals surface area contributed by atoms with E-state index in [4.69, 9.17) is 0 Å². The van der Waals surface area contributed by atoms with Crippen molar-refractivity contribution < 1.29 is 35.9 Å². The van der Waals surface area contributed by atoms with Gasteiger partial charge in [-0.15, -0.1) is 0 Å². The SMILES string of the molecule is COc1nc(NC(C)=O)c(C(F)(F)F)cc1C(F)(F)F. The smallest absolute Gasteiger partial charge is 0.421 e. The van der Waals surface area contributed by atoms with E-state index < -0.39 is 41.1 Å². The second kappa shape index (κ2) is 5.17. The molecule has 1 N–H and O–H groups in total. The molecule has 10 heteroatoms. The Morgan fingerprint density at radius 2 is 1.65 bits per heavy atom. The van der Waals surface area contributed by atoms with Gasteiger partial charge in [0.05, 0.1) is 12.7 Å². The second-order valence-electron chi connectivity index (χ2n) is 3.62. The molecule has 0 atom stereocenters. The van der Waals surface area contributed by atoms with Crippen molar-refractivity contribution in [2.24, 2.45) is 0 Å². The van der Waals surface area contributed by atoms with Crippen molar-refractivity contribution >= 4 is 11.7 Å². The largest absolute Gasteiger partial charge is 0.481 e. The second-order valence-corrected chi connectivity index (χ2v) is 3.62. The number of anilines is 1. The molecular weight excluding hydrogens is 294 g/mol. The molecule has 0 unspecified atom stereocenters. The summed E-state index contributed by atoms with van der Waals surface area (Å²) in [4.78, 5) is 13.9. The van der Waals surface area contributed by atoms with Gasteiger partial charge in [0.2, 0.25) is 11.8 Å². The molecule has 1 aromatic heterocycles. The Morgan fingerprint density at radius 3 is 2.00 bits per heavy atom. The highest BCUT2D eigenvalue weighted by Gasteiger charge is 2.42. The number of carbonyl (C=O) groups excluding carboxylic acids is 1. The zero-order chi connectivity index (χ0) is 15.7. The van der Waals surface area contributed by atoms with Crippen molar-refractivity contribution in [3.63, 3.8) is 0 Å². The number of halogens is 6. The number of methoxy groups -OCH3 is 1. The molecule has 112 valence electrons. The molecule has 20 heavy (non-hydrogen) atoms. The number of nitrogens with zero attached hydrogens (tertiary/aromatic N) is 1. The maximum Gasteiger partial charge on any atom is 0.421 e. The van der Waals surface area contributed by atoms with E-state index in [-0.39, 0.29) is 6.07 Å². The quantitative estimate of drug-likeness (QED) is 0.854. The maximum absolute atomic E-state index is 12.7. The highest BCUT2D eigenvalue weighted by atomic mass is 19.4. The molecule has 1 amide bonds. The lowest BCUT2D eigenvalue weighted by Crippen LogP contribution is -2.19. The van der Waals surface area contributed by atoms with Crippen molar-refractivity contribution in [2.75, 3.05) is 12.4 Å². The van der Waals surface area contributed by atoms with E-state index in [2.05, 4.69) is 9.72 Å². The van der Waals surface area contributed by atoms with Crippen molar-refractivity contribution in [1.82, 2.24) is 4.98 Å². The molecule has 1 aromatic rings. The fourth-order valence-electron chi connectivity index (χ4n) is 1.33. The van der Waals surface area contributed by atoms with Gasteiger partial charge in [-0.1, -0.05) is 0 Å². The molecular formula is C10H8F6N2O2. The number of rotatable bonds is 2. The van der Waals surface area contributed by atoms with Gasteiger partial charge in [0.15, 0.2) is 0 Å². The van der Waals surface area contributed by atoms with E-state index in [1.165, 1.54) is 0 Å². The number of hydrogen-bond acceptors (Lipinski definition) is 3. The Balaban J connectivity index is 3.57. The summed E-state index contributed by atoms with van der Waals surface area (Å²) >= 11 is 0. The molecule has 0 bridgehead atoms. The zero-order valence-corrected chi connectivity index (χ0v) is 10.1. The molecule has 0 aliphatic carbocycles. The molecule has 0 radical (unpaired) electrons. The number of aromatic nitrogens is 1.